The lowest BCUT2D eigenvalue weighted by Gasteiger charge is -2.41. The summed E-state index contributed by atoms with van der Waals surface area (Å²) in [6.07, 6.45) is 3.47. The number of halogens is 2. The maximum Gasteiger partial charge on any atom is 0.261 e. The van der Waals surface area contributed by atoms with Crippen LogP contribution in [0.1, 0.15) is 36.8 Å². The van der Waals surface area contributed by atoms with Gasteiger partial charge in [-0.15, -0.1) is 11.8 Å². The molecule has 0 radical (unpaired) electrons. The van der Waals surface area contributed by atoms with Gasteiger partial charge in [0, 0.05) is 21.8 Å². The Bertz CT molecular complexity index is 1030. The predicted molar refractivity (Wildman–Crippen MR) is 116 cm³/mol. The molecule has 4 nitrogen and oxygen atoms in total. The van der Waals surface area contributed by atoms with E-state index in [9.17, 15) is 13.6 Å². The van der Waals surface area contributed by atoms with Crippen molar-refractivity contribution in [3.8, 4) is 0 Å². The Morgan fingerprint density at radius 3 is 2.90 bits per heavy atom. The predicted octanol–water partition coefficient (Wildman–Crippen LogP) is 4.69. The number of nitrogens with one attached hydrogen (secondary N) is 1. The molecular formula is C22H21F2N3OS2. The number of amides is 1. The van der Waals surface area contributed by atoms with Crippen molar-refractivity contribution >= 4 is 34.5 Å². The lowest BCUT2D eigenvalue weighted by molar-refractivity contribution is -0.137. The van der Waals surface area contributed by atoms with Crippen molar-refractivity contribution in [2.45, 2.75) is 41.5 Å². The molecule has 30 heavy (non-hydrogen) atoms. The molecule has 2 aromatic carbocycles. The Morgan fingerprint density at radius 2 is 2.07 bits per heavy atom. The molecule has 1 fully saturated rings. The van der Waals surface area contributed by atoms with Crippen LogP contribution in [0, 0.1) is 11.6 Å². The number of nitrogens with zero attached hydrogens (tertiary/aromatic N) is 2. The second-order valence-corrected chi connectivity index (χ2v) is 10.1. The smallest absolute Gasteiger partial charge is 0.261 e. The first-order valence-corrected chi connectivity index (χ1v) is 11.9. The molecule has 1 N–H and O–H groups in total. The average molecular weight is 446 g/mol. The van der Waals surface area contributed by atoms with E-state index in [0.717, 1.165) is 60.2 Å². The molecule has 3 aliphatic rings. The Hall–Kier alpha value is -1.90. The van der Waals surface area contributed by atoms with E-state index in [2.05, 4.69) is 10.4 Å². The van der Waals surface area contributed by atoms with Crippen molar-refractivity contribution in [2.75, 3.05) is 12.3 Å². The highest BCUT2D eigenvalue weighted by atomic mass is 32.2. The van der Waals surface area contributed by atoms with E-state index in [-0.39, 0.29) is 17.5 Å². The third-order valence-electron chi connectivity index (χ3n) is 5.78. The molecule has 8 heteroatoms. The lowest BCUT2D eigenvalue weighted by Crippen LogP contribution is -2.52. The van der Waals surface area contributed by atoms with Crippen LogP contribution in [-0.2, 0) is 9.67 Å². The van der Waals surface area contributed by atoms with Crippen molar-refractivity contribution in [3.63, 3.8) is 0 Å². The van der Waals surface area contributed by atoms with Crippen LogP contribution < -0.4 is 5.32 Å². The number of piperidine rings is 1. The van der Waals surface area contributed by atoms with Gasteiger partial charge in [0.1, 0.15) is 21.5 Å². The average Bonchev–Trinajstić information content (AvgIpc) is 3.15. The van der Waals surface area contributed by atoms with Crippen LogP contribution >= 0.6 is 23.5 Å². The highest BCUT2D eigenvalue weighted by Crippen LogP contribution is 2.55. The normalized spacial score (nSPS) is 25.9. The summed E-state index contributed by atoms with van der Waals surface area (Å²) < 4.78 is 28.5. The van der Waals surface area contributed by atoms with E-state index in [4.69, 9.17) is 0 Å². The largest absolute Gasteiger partial charge is 0.306 e. The summed E-state index contributed by atoms with van der Waals surface area (Å²) in [5, 5.41) is 9.83. The third-order valence-corrected chi connectivity index (χ3v) is 8.29. The second kappa shape index (κ2) is 7.98. The van der Waals surface area contributed by atoms with E-state index in [1.54, 1.807) is 16.8 Å². The first-order chi connectivity index (χ1) is 14.6. The Balaban J connectivity index is 1.62. The van der Waals surface area contributed by atoms with E-state index in [1.807, 2.05) is 24.3 Å². The molecule has 1 spiro atoms. The van der Waals surface area contributed by atoms with Gasteiger partial charge in [0.2, 0.25) is 0 Å². The van der Waals surface area contributed by atoms with Gasteiger partial charge in [0.15, 0.2) is 0 Å². The molecule has 5 rings (SSSR count). The van der Waals surface area contributed by atoms with Crippen LogP contribution in [0.15, 0.2) is 52.5 Å². The number of benzene rings is 2. The van der Waals surface area contributed by atoms with Gasteiger partial charge in [-0.25, -0.2) is 13.8 Å². The zero-order valence-electron chi connectivity index (χ0n) is 16.2. The quantitative estimate of drug-likeness (QED) is 0.728. The monoisotopic (exact) mass is 445 g/mol. The van der Waals surface area contributed by atoms with Crippen molar-refractivity contribution in [2.24, 2.45) is 5.10 Å². The fourth-order valence-corrected chi connectivity index (χ4v) is 7.07. The molecular weight excluding hydrogens is 424 g/mol. The number of thioether (sulfide) groups is 2. The van der Waals surface area contributed by atoms with Crippen LogP contribution in [0.5, 0.6) is 0 Å². The summed E-state index contributed by atoms with van der Waals surface area (Å²) in [5.41, 5.74) is 1.10. The summed E-state index contributed by atoms with van der Waals surface area (Å²) in [6.45, 7) is 0.798. The first kappa shape index (κ1) is 20.0. The Morgan fingerprint density at radius 1 is 1.20 bits per heavy atom. The standard InChI is InChI=1S/C22H21F2N3OS2/c23-14-8-9-17(24)15(13-14)20-26-27(21(28)18-6-3-4-11-25-18)22(30-20)10-12-29-19-7-2-1-5-16(19)22/h1-2,5,7-9,13,18,25H,3-4,6,10-12H2. The van der Waals surface area contributed by atoms with Gasteiger partial charge in [0.05, 0.1) is 6.04 Å². The summed E-state index contributed by atoms with van der Waals surface area (Å²) in [4.78, 5) is 13.9. The molecule has 2 atom stereocenters. The summed E-state index contributed by atoms with van der Waals surface area (Å²) >= 11 is 3.11. The van der Waals surface area contributed by atoms with Gasteiger partial charge in [-0.3, -0.25) is 4.79 Å². The zero-order valence-corrected chi connectivity index (χ0v) is 17.9. The SMILES string of the molecule is O=C(C1CCCCN1)N1N=C(c2cc(F)ccc2F)SC12CCSc1ccccc12. The molecule has 0 aliphatic carbocycles. The van der Waals surface area contributed by atoms with E-state index in [0.29, 0.717) is 11.5 Å². The van der Waals surface area contributed by atoms with Gasteiger partial charge < -0.3 is 5.32 Å². The third kappa shape index (κ3) is 3.35. The number of carbonyl (C=O) groups is 1. The molecule has 0 bridgehead atoms. The maximum atomic E-state index is 14.6. The number of hydrazone groups is 1. The van der Waals surface area contributed by atoms with Crippen molar-refractivity contribution in [3.05, 3.63) is 65.2 Å². The summed E-state index contributed by atoms with van der Waals surface area (Å²) in [7, 11) is 0. The zero-order chi connectivity index (χ0) is 20.7. The Kier molecular flexibility index (Phi) is 5.33. The molecule has 3 aliphatic heterocycles. The highest BCUT2D eigenvalue weighted by Gasteiger charge is 2.52. The van der Waals surface area contributed by atoms with E-state index >= 15 is 0 Å². The number of hydrogen-bond donors (Lipinski definition) is 1. The van der Waals surface area contributed by atoms with Crippen LogP contribution in [0.3, 0.4) is 0 Å². The number of hydrogen-bond acceptors (Lipinski definition) is 5. The number of rotatable bonds is 2. The minimum Gasteiger partial charge on any atom is -0.306 e. The number of carbonyl (C=O) groups excluding carboxylic acids is 1. The van der Waals surface area contributed by atoms with E-state index in [1.165, 1.54) is 11.8 Å². The van der Waals surface area contributed by atoms with Crippen molar-refractivity contribution < 1.29 is 13.6 Å². The molecule has 3 heterocycles. The molecule has 1 amide bonds. The molecule has 2 unspecified atom stereocenters. The van der Waals surface area contributed by atoms with Gasteiger partial charge in [0.25, 0.3) is 5.91 Å². The van der Waals surface area contributed by atoms with Gasteiger partial charge in [-0.2, -0.15) is 5.10 Å². The molecule has 0 aromatic heterocycles. The van der Waals surface area contributed by atoms with Crippen molar-refractivity contribution in [1.29, 1.82) is 0 Å². The van der Waals surface area contributed by atoms with Crippen LogP contribution in [0.4, 0.5) is 8.78 Å². The Labute approximate surface area is 182 Å². The first-order valence-electron chi connectivity index (χ1n) is 10.1. The molecule has 156 valence electrons. The van der Waals surface area contributed by atoms with Gasteiger partial charge >= 0.3 is 0 Å². The van der Waals surface area contributed by atoms with Crippen LogP contribution in [-0.4, -0.2) is 34.3 Å². The van der Waals surface area contributed by atoms with Gasteiger partial charge in [-0.1, -0.05) is 36.4 Å². The minimum absolute atomic E-state index is 0.0991. The second-order valence-electron chi connectivity index (χ2n) is 7.66. The van der Waals surface area contributed by atoms with Crippen molar-refractivity contribution in [1.82, 2.24) is 10.3 Å². The fraction of sp³-hybridized carbons (Fsp3) is 0.364. The van der Waals surface area contributed by atoms with E-state index < -0.39 is 16.5 Å². The van der Waals surface area contributed by atoms with Crippen LogP contribution in [0.2, 0.25) is 0 Å². The van der Waals surface area contributed by atoms with Crippen LogP contribution in [0.25, 0.3) is 0 Å². The summed E-state index contributed by atoms with van der Waals surface area (Å²) in [6, 6.07) is 11.0. The fourth-order valence-electron chi connectivity index (χ4n) is 4.28. The summed E-state index contributed by atoms with van der Waals surface area (Å²) in [5.74, 6) is -0.348. The highest BCUT2D eigenvalue weighted by molar-refractivity contribution is 8.15. The maximum absolute atomic E-state index is 14.6. The van der Waals surface area contributed by atoms with Gasteiger partial charge in [-0.05, 0) is 50.1 Å². The number of fused-ring (bicyclic) bond motifs is 2. The lowest BCUT2D eigenvalue weighted by atomic mass is 9.99. The minimum atomic E-state index is -0.744. The molecule has 2 aromatic rings. The molecule has 1 saturated heterocycles. The topological polar surface area (TPSA) is 44.7 Å². The molecule has 0 saturated carbocycles.